The number of hydrogen-bond acceptors (Lipinski definition) is 1. The fourth-order valence-electron chi connectivity index (χ4n) is 3.20. The summed E-state index contributed by atoms with van der Waals surface area (Å²) >= 11 is 0. The van der Waals surface area contributed by atoms with Crippen LogP contribution in [0.25, 0.3) is 10.8 Å². The number of ether oxygens (including phenoxy) is 1. The molecule has 3 aromatic carbocycles. The zero-order valence-electron chi connectivity index (χ0n) is 12.0. The van der Waals surface area contributed by atoms with Gasteiger partial charge in [-0.25, -0.2) is 0 Å². The highest BCUT2D eigenvalue weighted by molar-refractivity contribution is 5.88. The molecule has 0 N–H and O–H groups in total. The molecule has 0 saturated carbocycles. The monoisotopic (exact) mass is 274 g/mol. The van der Waals surface area contributed by atoms with Gasteiger partial charge in [-0.3, -0.25) is 0 Å². The SMILES string of the molecule is c1ccc2c(OCc3ccc4c(c3)CCC4)cccc2c1. The van der Waals surface area contributed by atoms with E-state index in [-0.39, 0.29) is 0 Å². The van der Waals surface area contributed by atoms with Crippen LogP contribution in [0.1, 0.15) is 23.1 Å². The van der Waals surface area contributed by atoms with Crippen LogP contribution in [0.2, 0.25) is 0 Å². The molecule has 1 aliphatic carbocycles. The lowest BCUT2D eigenvalue weighted by Gasteiger charge is -2.10. The fourth-order valence-corrected chi connectivity index (χ4v) is 3.20. The molecule has 0 aromatic heterocycles. The minimum absolute atomic E-state index is 0.640. The van der Waals surface area contributed by atoms with Crippen molar-refractivity contribution in [1.29, 1.82) is 0 Å². The van der Waals surface area contributed by atoms with Gasteiger partial charge >= 0.3 is 0 Å². The third-order valence-electron chi connectivity index (χ3n) is 4.31. The molecule has 4 rings (SSSR count). The molecule has 0 radical (unpaired) electrons. The number of hydrogen-bond donors (Lipinski definition) is 0. The van der Waals surface area contributed by atoms with Crippen molar-refractivity contribution < 1.29 is 4.74 Å². The summed E-state index contributed by atoms with van der Waals surface area (Å²) in [5.74, 6) is 0.966. The van der Waals surface area contributed by atoms with Crippen LogP contribution >= 0.6 is 0 Å². The van der Waals surface area contributed by atoms with Crippen LogP contribution in [-0.4, -0.2) is 0 Å². The van der Waals surface area contributed by atoms with Gasteiger partial charge in [-0.2, -0.15) is 0 Å². The van der Waals surface area contributed by atoms with Crippen molar-refractivity contribution in [2.24, 2.45) is 0 Å². The van der Waals surface area contributed by atoms with Crippen LogP contribution in [0, 0.1) is 0 Å². The summed E-state index contributed by atoms with van der Waals surface area (Å²) in [5.41, 5.74) is 4.29. The lowest BCUT2D eigenvalue weighted by atomic mass is 10.1. The zero-order chi connectivity index (χ0) is 14.1. The van der Waals surface area contributed by atoms with E-state index in [0.29, 0.717) is 6.61 Å². The largest absolute Gasteiger partial charge is 0.488 e. The first-order valence-corrected chi connectivity index (χ1v) is 7.61. The molecular formula is C20H18O. The maximum Gasteiger partial charge on any atom is 0.127 e. The first kappa shape index (κ1) is 12.5. The molecule has 3 aromatic rings. The molecule has 0 saturated heterocycles. The molecule has 0 aliphatic heterocycles. The van der Waals surface area contributed by atoms with Gasteiger partial charge in [0.25, 0.3) is 0 Å². The standard InChI is InChI=1S/C20H18O/c1-2-9-19-17(5-1)7-4-10-20(19)21-14-15-11-12-16-6-3-8-18(16)13-15/h1-2,4-5,7,9-13H,3,6,8,14H2. The number of rotatable bonds is 3. The Kier molecular flexibility index (Phi) is 3.11. The zero-order valence-corrected chi connectivity index (χ0v) is 12.0. The lowest BCUT2D eigenvalue weighted by molar-refractivity contribution is 0.310. The smallest absolute Gasteiger partial charge is 0.127 e. The van der Waals surface area contributed by atoms with Crippen LogP contribution in [0.5, 0.6) is 5.75 Å². The summed E-state index contributed by atoms with van der Waals surface area (Å²) in [6.45, 7) is 0.640. The van der Waals surface area contributed by atoms with Crippen molar-refractivity contribution in [3.63, 3.8) is 0 Å². The first-order chi connectivity index (χ1) is 10.4. The normalized spacial score (nSPS) is 13.3. The second-order valence-electron chi connectivity index (χ2n) is 5.72. The summed E-state index contributed by atoms with van der Waals surface area (Å²) in [7, 11) is 0. The van der Waals surface area contributed by atoms with Gasteiger partial charge in [0.1, 0.15) is 12.4 Å². The number of benzene rings is 3. The summed E-state index contributed by atoms with van der Waals surface area (Å²) < 4.78 is 6.07. The van der Waals surface area contributed by atoms with E-state index in [4.69, 9.17) is 4.74 Å². The summed E-state index contributed by atoms with van der Waals surface area (Å²) in [6.07, 6.45) is 3.75. The number of fused-ring (bicyclic) bond motifs is 2. The van der Waals surface area contributed by atoms with E-state index in [2.05, 4.69) is 60.7 Å². The van der Waals surface area contributed by atoms with Gasteiger partial charge in [0, 0.05) is 5.39 Å². The van der Waals surface area contributed by atoms with E-state index in [1.165, 1.54) is 46.7 Å². The van der Waals surface area contributed by atoms with Gasteiger partial charge in [0.15, 0.2) is 0 Å². The summed E-state index contributed by atoms with van der Waals surface area (Å²) in [6, 6.07) is 21.4. The Morgan fingerprint density at radius 2 is 1.67 bits per heavy atom. The molecule has 0 atom stereocenters. The molecule has 1 nitrogen and oxygen atoms in total. The fraction of sp³-hybridized carbons (Fsp3) is 0.200. The van der Waals surface area contributed by atoms with Gasteiger partial charge in [-0.05, 0) is 47.4 Å². The average molecular weight is 274 g/mol. The molecule has 1 heteroatoms. The Morgan fingerprint density at radius 1 is 0.810 bits per heavy atom. The quantitative estimate of drug-likeness (QED) is 0.659. The number of aryl methyl sites for hydroxylation is 2. The van der Waals surface area contributed by atoms with Crippen molar-refractivity contribution in [2.45, 2.75) is 25.9 Å². The van der Waals surface area contributed by atoms with Gasteiger partial charge < -0.3 is 4.74 Å². The van der Waals surface area contributed by atoms with E-state index >= 15 is 0 Å². The van der Waals surface area contributed by atoms with Crippen LogP contribution in [0.4, 0.5) is 0 Å². The molecule has 1 aliphatic rings. The van der Waals surface area contributed by atoms with Gasteiger partial charge in [-0.1, -0.05) is 54.6 Å². The molecule has 0 heterocycles. The van der Waals surface area contributed by atoms with Crippen molar-refractivity contribution in [2.75, 3.05) is 0 Å². The summed E-state index contributed by atoms with van der Waals surface area (Å²) in [4.78, 5) is 0. The predicted molar refractivity (Wildman–Crippen MR) is 86.7 cm³/mol. The van der Waals surface area contributed by atoms with Crippen LogP contribution < -0.4 is 4.74 Å². The highest BCUT2D eigenvalue weighted by Crippen LogP contribution is 2.27. The molecule has 21 heavy (non-hydrogen) atoms. The van der Waals surface area contributed by atoms with Crippen LogP contribution in [0.3, 0.4) is 0 Å². The Bertz CT molecular complexity index is 783. The molecule has 104 valence electrons. The Labute approximate surface area is 125 Å². The van der Waals surface area contributed by atoms with Crippen molar-refractivity contribution in [3.8, 4) is 5.75 Å². The van der Waals surface area contributed by atoms with E-state index in [1.54, 1.807) is 0 Å². The van der Waals surface area contributed by atoms with Crippen LogP contribution in [0.15, 0.2) is 60.7 Å². The topological polar surface area (TPSA) is 9.23 Å². The molecular weight excluding hydrogens is 256 g/mol. The Hall–Kier alpha value is -2.28. The van der Waals surface area contributed by atoms with E-state index in [0.717, 1.165) is 5.75 Å². The molecule has 0 unspecified atom stereocenters. The third-order valence-corrected chi connectivity index (χ3v) is 4.31. The van der Waals surface area contributed by atoms with Crippen LogP contribution in [-0.2, 0) is 19.4 Å². The van der Waals surface area contributed by atoms with Gasteiger partial charge in [0.2, 0.25) is 0 Å². The second-order valence-corrected chi connectivity index (χ2v) is 5.72. The lowest BCUT2D eigenvalue weighted by Crippen LogP contribution is -1.97. The van der Waals surface area contributed by atoms with E-state index in [9.17, 15) is 0 Å². The molecule has 0 bridgehead atoms. The molecule has 0 spiro atoms. The average Bonchev–Trinajstić information content (AvgIpc) is 3.00. The van der Waals surface area contributed by atoms with Gasteiger partial charge in [-0.15, -0.1) is 0 Å². The molecule has 0 amide bonds. The van der Waals surface area contributed by atoms with E-state index in [1.807, 2.05) is 0 Å². The minimum Gasteiger partial charge on any atom is -0.488 e. The molecule has 0 fully saturated rings. The minimum atomic E-state index is 0.640. The highest BCUT2D eigenvalue weighted by atomic mass is 16.5. The Balaban J connectivity index is 1.58. The Morgan fingerprint density at radius 3 is 2.67 bits per heavy atom. The second kappa shape index (κ2) is 5.25. The third kappa shape index (κ3) is 2.40. The van der Waals surface area contributed by atoms with Gasteiger partial charge in [0.05, 0.1) is 0 Å². The van der Waals surface area contributed by atoms with E-state index < -0.39 is 0 Å². The van der Waals surface area contributed by atoms with Crippen molar-refractivity contribution in [1.82, 2.24) is 0 Å². The van der Waals surface area contributed by atoms with Crippen molar-refractivity contribution in [3.05, 3.63) is 77.4 Å². The maximum atomic E-state index is 6.07. The van der Waals surface area contributed by atoms with Crippen molar-refractivity contribution >= 4 is 10.8 Å². The summed E-state index contributed by atoms with van der Waals surface area (Å²) in [5, 5.41) is 2.41. The first-order valence-electron chi connectivity index (χ1n) is 7.61. The highest BCUT2D eigenvalue weighted by Gasteiger charge is 2.11. The maximum absolute atomic E-state index is 6.07. The predicted octanol–water partition coefficient (Wildman–Crippen LogP) is 4.91.